The van der Waals surface area contributed by atoms with E-state index in [1.807, 2.05) is 0 Å². The van der Waals surface area contributed by atoms with E-state index in [9.17, 15) is 0 Å². The molecule has 0 N–H and O–H groups in total. The molecule has 2 atom stereocenters. The minimum atomic E-state index is -0.176. The molecule has 15 rings (SSSR count). The van der Waals surface area contributed by atoms with Gasteiger partial charge in [0.05, 0.1) is 5.54 Å². The van der Waals surface area contributed by atoms with Crippen LogP contribution in [0.15, 0.2) is 121 Å². The number of anilines is 8. The van der Waals surface area contributed by atoms with E-state index in [4.69, 9.17) is 0 Å². The van der Waals surface area contributed by atoms with Crippen LogP contribution in [0.4, 0.5) is 45.5 Å². The highest BCUT2D eigenvalue weighted by atomic mass is 15.3. The zero-order valence-corrected chi connectivity index (χ0v) is 56.0. The molecule has 0 radical (unpaired) electrons. The first kappa shape index (κ1) is 56.5. The van der Waals surface area contributed by atoms with Crippen LogP contribution in [0, 0.1) is 0 Å². The van der Waals surface area contributed by atoms with E-state index in [1.54, 1.807) is 11.1 Å². The van der Waals surface area contributed by atoms with Gasteiger partial charge in [-0.2, -0.15) is 0 Å². The van der Waals surface area contributed by atoms with Crippen LogP contribution in [-0.4, -0.2) is 12.3 Å². The van der Waals surface area contributed by atoms with Gasteiger partial charge in [0.1, 0.15) is 0 Å². The van der Waals surface area contributed by atoms with Gasteiger partial charge in [-0.3, -0.25) is 0 Å². The molecule has 1 saturated carbocycles. The molecule has 3 heterocycles. The molecule has 444 valence electrons. The van der Waals surface area contributed by atoms with E-state index >= 15 is 0 Å². The molecule has 0 saturated heterocycles. The molecular formula is C82H98BN3. The number of fused-ring (bicyclic) bond motifs is 11. The molecule has 7 aromatic carbocycles. The number of hydrogen-bond donors (Lipinski definition) is 0. The van der Waals surface area contributed by atoms with Crippen LogP contribution in [0.5, 0.6) is 0 Å². The third-order valence-corrected chi connectivity index (χ3v) is 25.7. The van der Waals surface area contributed by atoms with Crippen molar-refractivity contribution in [2.45, 2.75) is 256 Å². The summed E-state index contributed by atoms with van der Waals surface area (Å²) in [6.07, 6.45) is 14.2. The van der Waals surface area contributed by atoms with Crippen LogP contribution in [0.2, 0.25) is 0 Å². The zero-order valence-electron chi connectivity index (χ0n) is 56.0. The lowest BCUT2D eigenvalue weighted by molar-refractivity contribution is 0.195. The van der Waals surface area contributed by atoms with Gasteiger partial charge in [0.15, 0.2) is 0 Å². The number of benzene rings is 7. The number of nitrogens with zero attached hydrogens (tertiary/aromatic N) is 3. The molecule has 86 heavy (non-hydrogen) atoms. The van der Waals surface area contributed by atoms with Crippen molar-refractivity contribution in [1.29, 1.82) is 0 Å². The van der Waals surface area contributed by atoms with Crippen molar-refractivity contribution >= 4 is 68.6 Å². The topological polar surface area (TPSA) is 9.72 Å². The Labute approximate surface area is 518 Å². The van der Waals surface area contributed by atoms with Gasteiger partial charge in [-0.1, -0.05) is 191 Å². The highest BCUT2D eigenvalue weighted by Gasteiger charge is 2.59. The minimum absolute atomic E-state index is 0.000316. The van der Waals surface area contributed by atoms with E-state index in [2.05, 4.69) is 261 Å². The summed E-state index contributed by atoms with van der Waals surface area (Å²) in [5.74, 6) is 0. The molecule has 0 amide bonds. The van der Waals surface area contributed by atoms with Crippen molar-refractivity contribution in [1.82, 2.24) is 0 Å². The van der Waals surface area contributed by atoms with Crippen molar-refractivity contribution in [3.63, 3.8) is 0 Å². The Hall–Kier alpha value is -6.00. The average molecular weight is 1140 g/mol. The number of hydrogen-bond acceptors (Lipinski definition) is 3. The zero-order chi connectivity index (χ0) is 60.6. The molecule has 3 aliphatic heterocycles. The monoisotopic (exact) mass is 1140 g/mol. The SMILES string of the molecule is CC1(C)CCC(C)(C)c2cc(N3c4cc5c(cc4B4c6cc7c(cc6N(c6ccc8c(c6)C(C)(C)CCC8(C)C)c6cc(N8c9ccc(-c%10ccccc%10)cc9C9(C)CCCCC89C)cc3c64)C(C)(C)CCC7(C)C)C(C)(C)CCC5(C)C)ccc21. The summed E-state index contributed by atoms with van der Waals surface area (Å²) in [6, 6.07) is 50.7. The maximum atomic E-state index is 2.90. The molecule has 2 unspecified atom stereocenters. The summed E-state index contributed by atoms with van der Waals surface area (Å²) in [6.45, 7) is 45.6. The van der Waals surface area contributed by atoms with Gasteiger partial charge < -0.3 is 14.7 Å². The molecule has 0 aromatic heterocycles. The van der Waals surface area contributed by atoms with E-state index < -0.39 is 0 Å². The summed E-state index contributed by atoms with van der Waals surface area (Å²) >= 11 is 0. The molecular weight excluding hydrogens is 1040 g/mol. The van der Waals surface area contributed by atoms with Gasteiger partial charge in [0.25, 0.3) is 6.71 Å². The second-order valence-corrected chi connectivity index (χ2v) is 34.7. The van der Waals surface area contributed by atoms with Crippen molar-refractivity contribution < 1.29 is 0 Å². The van der Waals surface area contributed by atoms with Gasteiger partial charge in [-0.05, 0) is 253 Å². The van der Waals surface area contributed by atoms with Crippen LogP contribution >= 0.6 is 0 Å². The van der Waals surface area contributed by atoms with Gasteiger partial charge in [0.2, 0.25) is 0 Å². The average Bonchev–Trinajstić information content (AvgIpc) is 1.11. The van der Waals surface area contributed by atoms with E-state index in [0.29, 0.717) is 0 Å². The maximum absolute atomic E-state index is 2.90. The molecule has 3 nitrogen and oxygen atoms in total. The number of rotatable bonds is 4. The molecule has 5 aliphatic carbocycles. The van der Waals surface area contributed by atoms with E-state index in [-0.39, 0.29) is 61.0 Å². The summed E-state index contributed by atoms with van der Waals surface area (Å²) in [5, 5.41) is 0. The van der Waals surface area contributed by atoms with Gasteiger partial charge in [-0.15, -0.1) is 0 Å². The van der Waals surface area contributed by atoms with Crippen LogP contribution in [0.25, 0.3) is 11.1 Å². The predicted molar refractivity (Wildman–Crippen MR) is 370 cm³/mol. The Morgan fingerprint density at radius 2 is 0.686 bits per heavy atom. The molecule has 0 bridgehead atoms. The predicted octanol–water partition coefficient (Wildman–Crippen LogP) is 20.6. The minimum Gasteiger partial charge on any atom is -0.334 e. The second kappa shape index (κ2) is 17.9. The molecule has 1 fully saturated rings. The largest absolute Gasteiger partial charge is 0.334 e. The first-order valence-electron chi connectivity index (χ1n) is 33.8. The molecule has 8 aliphatic rings. The molecule has 4 heteroatoms. The highest BCUT2D eigenvalue weighted by Crippen LogP contribution is 2.63. The van der Waals surface area contributed by atoms with E-state index in [0.717, 1.165) is 6.42 Å². The Morgan fingerprint density at radius 3 is 1.13 bits per heavy atom. The van der Waals surface area contributed by atoms with Gasteiger partial charge in [0, 0.05) is 50.9 Å². The Morgan fingerprint density at radius 1 is 0.291 bits per heavy atom. The highest BCUT2D eigenvalue weighted by molar-refractivity contribution is 7.00. The normalized spacial score (nSPS) is 25.5. The second-order valence-electron chi connectivity index (χ2n) is 34.7. The lowest BCUT2D eigenvalue weighted by Crippen LogP contribution is -2.62. The Kier molecular flexibility index (Phi) is 11.7. The van der Waals surface area contributed by atoms with Gasteiger partial charge in [-0.25, -0.2) is 0 Å². The van der Waals surface area contributed by atoms with Crippen LogP contribution in [0.3, 0.4) is 0 Å². The van der Waals surface area contributed by atoms with Crippen LogP contribution < -0.4 is 31.1 Å². The fourth-order valence-corrected chi connectivity index (χ4v) is 19.2. The lowest BCUT2D eigenvalue weighted by atomic mass is 9.32. The van der Waals surface area contributed by atoms with Crippen LogP contribution in [0.1, 0.15) is 252 Å². The van der Waals surface area contributed by atoms with Crippen molar-refractivity contribution in [2.75, 3.05) is 14.7 Å². The summed E-state index contributed by atoms with van der Waals surface area (Å²) in [5.41, 5.74) is 31.4. The summed E-state index contributed by atoms with van der Waals surface area (Å²) in [4.78, 5) is 8.56. The standard InChI is InChI=1S/C82H98BN3/c1-73(2)34-36-75(5,6)58-43-53(27-29-56(58)73)84-68-49-62-60(77(9,10)38-40-79(62,13)14)47-65(68)83-66-48-61-63(80(15,16)41-39-78(61,11)12)50-69(66)85(54-28-30-57-59(44-54)76(7,8)37-35-74(57,3)4)71-46-55(45-70(84)72(71)83)86-67-31-26-52(51-24-20-19-21-25-51)42-64(67)81(17)32-22-23-33-82(81,86)18/h19-21,24-31,42-50H,22-23,32-41H2,1-18H3. The lowest BCUT2D eigenvalue weighted by Gasteiger charge is -2.52. The third kappa shape index (κ3) is 7.83. The fourth-order valence-electron chi connectivity index (χ4n) is 19.2. The first-order chi connectivity index (χ1) is 40.3. The van der Waals surface area contributed by atoms with Crippen molar-refractivity contribution in [3.05, 3.63) is 171 Å². The Bertz CT molecular complexity index is 3840. The summed E-state index contributed by atoms with van der Waals surface area (Å²) < 4.78 is 0. The quantitative estimate of drug-likeness (QED) is 0.163. The molecule has 7 aromatic rings. The maximum Gasteiger partial charge on any atom is 0.252 e. The summed E-state index contributed by atoms with van der Waals surface area (Å²) in [7, 11) is 0. The van der Waals surface area contributed by atoms with Crippen molar-refractivity contribution in [3.8, 4) is 11.1 Å². The third-order valence-electron chi connectivity index (χ3n) is 25.7. The van der Waals surface area contributed by atoms with Crippen molar-refractivity contribution in [2.24, 2.45) is 0 Å². The van der Waals surface area contributed by atoms with Gasteiger partial charge >= 0.3 is 0 Å². The first-order valence-corrected chi connectivity index (χ1v) is 33.8. The van der Waals surface area contributed by atoms with Crippen LogP contribution in [-0.2, 0) is 48.7 Å². The molecule has 0 spiro atoms. The fraction of sp³-hybridized carbons (Fsp3) is 0.488. The van der Waals surface area contributed by atoms with E-state index in [1.165, 1.54) is 183 Å². The Balaban J connectivity index is 1.10. The smallest absolute Gasteiger partial charge is 0.252 e.